The first kappa shape index (κ1) is 43.9. The molecule has 0 amide bonds. The van der Waals surface area contributed by atoms with Crippen LogP contribution in [0, 0.1) is 0 Å². The van der Waals surface area contributed by atoms with Gasteiger partial charge in [-0.1, -0.05) is 70.1 Å². The molecule has 20 heteroatoms. The number of methoxy groups -OCH3 is 1. The predicted octanol–water partition coefficient (Wildman–Crippen LogP) is 9.92. The lowest BCUT2D eigenvalue weighted by Gasteiger charge is -2.33. The highest BCUT2D eigenvalue weighted by Gasteiger charge is 2.32. The Balaban J connectivity index is 0.000000179. The highest BCUT2D eigenvalue weighted by atomic mass is 35.5. The Morgan fingerprint density at radius 2 is 0.898 bits per heavy atom. The number of halogens is 5. The molecule has 0 aliphatic carbocycles. The Labute approximate surface area is 376 Å². The molecule has 4 heterocycles. The van der Waals surface area contributed by atoms with Crippen molar-refractivity contribution in [3.05, 3.63) is 121 Å². The molecule has 0 saturated carbocycles. The van der Waals surface area contributed by atoms with Gasteiger partial charge in [0, 0.05) is 89.3 Å². The van der Waals surface area contributed by atoms with E-state index in [9.17, 15) is 16.8 Å². The van der Waals surface area contributed by atoms with Crippen LogP contribution in [0.3, 0.4) is 0 Å². The third kappa shape index (κ3) is 10.1. The van der Waals surface area contributed by atoms with E-state index in [2.05, 4.69) is 9.80 Å². The maximum atomic E-state index is 13.0. The molecule has 310 valence electrons. The molecule has 2 saturated heterocycles. The topological polar surface area (TPSA) is 116 Å². The van der Waals surface area contributed by atoms with E-state index in [4.69, 9.17) is 72.7 Å². The number of hydrogen-bond acceptors (Lipinski definition) is 11. The van der Waals surface area contributed by atoms with Crippen molar-refractivity contribution in [1.82, 2.24) is 18.6 Å². The smallest absolute Gasteiger partial charge is 0.244 e. The Kier molecular flexibility index (Phi) is 14.0. The second-order valence-corrected chi connectivity index (χ2v) is 20.8. The summed E-state index contributed by atoms with van der Waals surface area (Å²) >= 11 is 33.0. The molecule has 2 fully saturated rings. The molecule has 2 aliphatic heterocycles. The lowest BCUT2D eigenvalue weighted by atomic mass is 10.2. The van der Waals surface area contributed by atoms with Gasteiger partial charge in [0.25, 0.3) is 0 Å². The minimum absolute atomic E-state index is 0.0799. The number of piperazine rings is 2. The minimum Gasteiger partial charge on any atom is -0.497 e. The van der Waals surface area contributed by atoms with Crippen LogP contribution in [-0.2, 0) is 20.0 Å². The lowest BCUT2D eigenvalue weighted by molar-refractivity contribution is 0.384. The van der Waals surface area contributed by atoms with Gasteiger partial charge >= 0.3 is 0 Å². The van der Waals surface area contributed by atoms with E-state index < -0.39 is 20.0 Å². The van der Waals surface area contributed by atoms with E-state index in [0.717, 1.165) is 38.5 Å². The summed E-state index contributed by atoms with van der Waals surface area (Å²) in [4.78, 5) is 13.8. The summed E-state index contributed by atoms with van der Waals surface area (Å²) in [6, 6.07) is 24.1. The third-order valence-corrected chi connectivity index (χ3v) is 16.8. The van der Waals surface area contributed by atoms with Gasteiger partial charge in [0.1, 0.15) is 15.5 Å². The Hall–Kier alpha value is -3.19. The second-order valence-electron chi connectivity index (χ2n) is 13.2. The largest absolute Gasteiger partial charge is 0.497 e. The third-order valence-electron chi connectivity index (χ3n) is 9.55. The van der Waals surface area contributed by atoms with Crippen molar-refractivity contribution in [3.8, 4) is 28.3 Å². The number of aromatic nitrogens is 2. The number of hydrogen-bond donors (Lipinski definition) is 0. The van der Waals surface area contributed by atoms with Crippen LogP contribution in [0.1, 0.15) is 0 Å². The first-order chi connectivity index (χ1) is 28.2. The zero-order valence-corrected chi connectivity index (χ0v) is 38.2. The highest BCUT2D eigenvalue weighted by Crippen LogP contribution is 2.34. The molecular weight excluding hydrogens is 938 g/mol. The summed E-state index contributed by atoms with van der Waals surface area (Å²) in [7, 11) is -5.71. The predicted molar refractivity (Wildman–Crippen MR) is 242 cm³/mol. The van der Waals surface area contributed by atoms with Crippen LogP contribution >= 0.6 is 80.7 Å². The molecule has 2 aromatic heterocycles. The lowest BCUT2D eigenvalue weighted by Crippen LogP contribution is -2.48. The SMILES string of the molecule is COc1ccc(-c2csc(N3CCN(S(=O)(=O)c4ccc(Cl)cc4Cl)CC3)n2)cc1.O=S(=O)(c1ccc(Cl)cc1Cl)N1CCN(c2nc(-c3ccc(Cl)cc3)cs2)CC1. The van der Waals surface area contributed by atoms with E-state index in [0.29, 0.717) is 67.4 Å². The molecule has 0 N–H and O–H groups in total. The van der Waals surface area contributed by atoms with Crippen molar-refractivity contribution in [2.45, 2.75) is 9.79 Å². The van der Waals surface area contributed by atoms with Crippen molar-refractivity contribution >= 4 is 111 Å². The standard InChI is InChI=1S/C20H19Cl2N3O3S2.C19H16Cl3N3O2S2/c1-28-16-5-2-14(3-6-16)18-13-29-20(23-18)24-8-10-25(11-9-24)30(26,27)19-7-4-15(21)12-17(19)22;20-14-3-1-13(2-4-14)17-12-28-19(23-17)24-7-9-25(10-8-24)29(26,27)18-6-5-15(21)11-16(18)22/h2-7,12-13H,8-11H2,1H3;1-6,11-12H,7-10H2. The monoisotopic (exact) mass is 970 g/mol. The van der Waals surface area contributed by atoms with Crippen molar-refractivity contribution in [1.29, 1.82) is 0 Å². The molecule has 6 aromatic rings. The van der Waals surface area contributed by atoms with Crippen molar-refractivity contribution in [3.63, 3.8) is 0 Å². The van der Waals surface area contributed by atoms with E-state index >= 15 is 0 Å². The molecule has 8 rings (SSSR count). The highest BCUT2D eigenvalue weighted by molar-refractivity contribution is 7.89. The van der Waals surface area contributed by atoms with Crippen LogP contribution in [0.5, 0.6) is 5.75 Å². The van der Waals surface area contributed by atoms with Gasteiger partial charge in [0.2, 0.25) is 20.0 Å². The van der Waals surface area contributed by atoms with Crippen molar-refractivity contribution in [2.75, 3.05) is 69.3 Å². The maximum Gasteiger partial charge on any atom is 0.244 e. The quantitative estimate of drug-likeness (QED) is 0.140. The number of ether oxygens (including phenoxy) is 1. The fourth-order valence-electron chi connectivity index (χ4n) is 6.35. The van der Waals surface area contributed by atoms with Crippen LogP contribution in [0.25, 0.3) is 22.5 Å². The molecule has 2 aliphatic rings. The van der Waals surface area contributed by atoms with Crippen LogP contribution in [-0.4, -0.2) is 94.9 Å². The molecule has 59 heavy (non-hydrogen) atoms. The van der Waals surface area contributed by atoms with Gasteiger partial charge in [-0.25, -0.2) is 26.8 Å². The fraction of sp³-hybridized carbons (Fsp3) is 0.231. The van der Waals surface area contributed by atoms with Crippen LogP contribution in [0.2, 0.25) is 25.1 Å². The van der Waals surface area contributed by atoms with Gasteiger partial charge in [-0.15, -0.1) is 22.7 Å². The van der Waals surface area contributed by atoms with Gasteiger partial charge in [-0.3, -0.25) is 0 Å². The molecule has 0 spiro atoms. The number of sulfonamides is 2. The summed E-state index contributed by atoms with van der Waals surface area (Å²) in [5, 5.41) is 7.50. The van der Waals surface area contributed by atoms with E-state index in [1.165, 1.54) is 45.0 Å². The number of thiazole rings is 2. The van der Waals surface area contributed by atoms with Crippen LogP contribution in [0.4, 0.5) is 10.3 Å². The average Bonchev–Trinajstić information content (AvgIpc) is 3.93. The Morgan fingerprint density at radius 1 is 0.525 bits per heavy atom. The normalized spacial score (nSPS) is 15.5. The number of rotatable bonds is 9. The second kappa shape index (κ2) is 18.8. The number of benzene rings is 4. The molecule has 0 atom stereocenters. The molecule has 0 bridgehead atoms. The zero-order valence-electron chi connectivity index (χ0n) is 31.1. The van der Waals surface area contributed by atoms with Crippen molar-refractivity contribution < 1.29 is 21.6 Å². The first-order valence-electron chi connectivity index (χ1n) is 17.9. The molecular formula is C39H35Cl5N6O5S4. The molecule has 0 radical (unpaired) electrons. The fourth-order valence-corrected chi connectivity index (χ4v) is 12.6. The summed E-state index contributed by atoms with van der Waals surface area (Å²) in [6.07, 6.45) is 0. The van der Waals surface area contributed by atoms with Crippen molar-refractivity contribution in [2.24, 2.45) is 0 Å². The summed E-state index contributed by atoms with van der Waals surface area (Å²) in [5.41, 5.74) is 3.78. The summed E-state index contributed by atoms with van der Waals surface area (Å²) in [6.45, 7) is 3.65. The van der Waals surface area contributed by atoms with E-state index in [-0.39, 0.29) is 19.8 Å². The van der Waals surface area contributed by atoms with Gasteiger partial charge in [0.15, 0.2) is 10.3 Å². The number of nitrogens with zero attached hydrogens (tertiary/aromatic N) is 6. The van der Waals surface area contributed by atoms with Gasteiger partial charge in [-0.2, -0.15) is 8.61 Å². The van der Waals surface area contributed by atoms with Gasteiger partial charge in [-0.05, 0) is 72.8 Å². The van der Waals surface area contributed by atoms with Gasteiger partial charge < -0.3 is 14.5 Å². The first-order valence-corrected chi connectivity index (χ1v) is 24.5. The van der Waals surface area contributed by atoms with Gasteiger partial charge in [0.05, 0.1) is 28.5 Å². The molecule has 0 unspecified atom stereocenters. The summed E-state index contributed by atoms with van der Waals surface area (Å²) < 4.78 is 59.9. The minimum atomic E-state index is -3.67. The Bertz CT molecular complexity index is 2630. The van der Waals surface area contributed by atoms with E-state index in [1.807, 2.05) is 59.3 Å². The van der Waals surface area contributed by atoms with Crippen LogP contribution in [0.15, 0.2) is 105 Å². The van der Waals surface area contributed by atoms with E-state index in [1.54, 1.807) is 29.8 Å². The Morgan fingerprint density at radius 3 is 1.27 bits per heavy atom. The summed E-state index contributed by atoms with van der Waals surface area (Å²) in [5.74, 6) is 0.798. The number of anilines is 2. The average molecular weight is 973 g/mol. The zero-order chi connectivity index (χ0) is 41.9. The molecule has 11 nitrogen and oxygen atoms in total. The molecule has 4 aromatic carbocycles. The maximum absolute atomic E-state index is 13.0. The van der Waals surface area contributed by atoms with Crippen LogP contribution < -0.4 is 14.5 Å².